The van der Waals surface area contributed by atoms with Crippen LogP contribution in [0.15, 0.2) is 77.0 Å². The fourth-order valence-corrected chi connectivity index (χ4v) is 5.10. The summed E-state index contributed by atoms with van der Waals surface area (Å²) in [6, 6.07) is 15.3. The van der Waals surface area contributed by atoms with Crippen LogP contribution in [-0.2, 0) is 16.1 Å². The van der Waals surface area contributed by atoms with Gasteiger partial charge in [0.1, 0.15) is 19.0 Å². The molecule has 14 nitrogen and oxygen atoms in total. The highest BCUT2D eigenvalue weighted by Crippen LogP contribution is 2.35. The van der Waals surface area contributed by atoms with Gasteiger partial charge in [-0.1, -0.05) is 6.07 Å². The summed E-state index contributed by atoms with van der Waals surface area (Å²) in [5.74, 6) is 0.760. The first-order chi connectivity index (χ1) is 22.1. The van der Waals surface area contributed by atoms with Gasteiger partial charge in [0.15, 0.2) is 17.7 Å². The average Bonchev–Trinajstić information content (AvgIpc) is 3.03. The van der Waals surface area contributed by atoms with Crippen LogP contribution in [0.4, 0.5) is 10.5 Å². The highest BCUT2D eigenvalue weighted by Gasteiger charge is 2.32. The monoisotopic (exact) mass is 745 g/mol. The Bertz CT molecular complexity index is 1650. The second-order valence-electron chi connectivity index (χ2n) is 9.82. The molecule has 1 aliphatic heterocycles. The number of allylic oxidation sites excluding steroid dienone is 1. The second kappa shape index (κ2) is 15.9. The Kier molecular flexibility index (Phi) is 11.7. The zero-order chi connectivity index (χ0) is 33.2. The van der Waals surface area contributed by atoms with Gasteiger partial charge < -0.3 is 34.7 Å². The van der Waals surface area contributed by atoms with Crippen molar-refractivity contribution in [1.29, 1.82) is 0 Å². The highest BCUT2D eigenvalue weighted by atomic mass is 127. The van der Waals surface area contributed by atoms with Crippen molar-refractivity contribution in [3.05, 3.63) is 102 Å². The van der Waals surface area contributed by atoms with Crippen LogP contribution < -0.4 is 30.3 Å². The Balaban J connectivity index is 1.33. The molecule has 4 N–H and O–H groups in total. The molecule has 4 rings (SSSR count). The van der Waals surface area contributed by atoms with E-state index in [2.05, 4.69) is 43.8 Å². The number of nitrogens with zero attached hydrogens (tertiary/aromatic N) is 2. The van der Waals surface area contributed by atoms with Crippen molar-refractivity contribution in [3.8, 4) is 17.2 Å². The number of nitro benzene ring substituents is 1. The molecule has 3 aromatic carbocycles. The lowest BCUT2D eigenvalue weighted by Gasteiger charge is -2.28. The molecule has 1 aliphatic rings. The number of rotatable bonds is 14. The third kappa shape index (κ3) is 8.85. The number of nitro groups is 1. The van der Waals surface area contributed by atoms with Gasteiger partial charge >= 0.3 is 12.0 Å². The van der Waals surface area contributed by atoms with Gasteiger partial charge in [0.2, 0.25) is 0 Å². The minimum absolute atomic E-state index is 0.0197. The number of methoxy groups -OCH3 is 1. The molecule has 0 fully saturated rings. The minimum atomic E-state index is -1.16. The number of halogens is 1. The molecule has 0 saturated carbocycles. The molecule has 3 aromatic rings. The van der Waals surface area contributed by atoms with Crippen LogP contribution in [0.25, 0.3) is 0 Å². The largest absolute Gasteiger partial charge is 0.490 e. The predicted molar refractivity (Wildman–Crippen MR) is 176 cm³/mol. The summed E-state index contributed by atoms with van der Waals surface area (Å²) in [5.41, 5.74) is 5.40. The van der Waals surface area contributed by atoms with E-state index in [-0.39, 0.29) is 24.5 Å². The lowest BCUT2D eigenvalue weighted by molar-refractivity contribution is -0.384. The summed E-state index contributed by atoms with van der Waals surface area (Å²) in [6.07, 6.45) is 0.377. The Labute approximate surface area is 278 Å². The summed E-state index contributed by atoms with van der Waals surface area (Å²) < 4.78 is 23.1. The minimum Gasteiger partial charge on any atom is -0.490 e. The second-order valence-corrected chi connectivity index (χ2v) is 11.0. The van der Waals surface area contributed by atoms with Crippen molar-refractivity contribution in [2.75, 3.05) is 20.3 Å². The molecule has 0 aliphatic carbocycles. The molecule has 0 saturated heterocycles. The molecule has 0 aromatic heterocycles. The van der Waals surface area contributed by atoms with Crippen molar-refractivity contribution in [2.45, 2.75) is 32.7 Å². The number of ether oxygens (including phenoxy) is 4. The fraction of sp³-hybridized carbons (Fsp3) is 0.258. The molecular weight excluding hydrogens is 713 g/mol. The van der Waals surface area contributed by atoms with Gasteiger partial charge in [-0.05, 0) is 95.6 Å². The predicted octanol–water partition coefficient (Wildman–Crippen LogP) is 4.30. The number of aliphatic hydroxyl groups is 1. The van der Waals surface area contributed by atoms with Crippen molar-refractivity contribution >= 4 is 46.5 Å². The fourth-order valence-electron chi connectivity index (χ4n) is 4.41. The number of non-ortho nitro benzene ring substituents is 1. The number of nitrogens with one attached hydrogen (secondary N) is 3. The number of amides is 2. The number of hydrogen-bond donors (Lipinski definition) is 4. The first-order valence-electron chi connectivity index (χ1n) is 14.0. The van der Waals surface area contributed by atoms with E-state index in [1.165, 1.54) is 25.5 Å². The third-order valence-corrected chi connectivity index (χ3v) is 7.45. The van der Waals surface area contributed by atoms with Crippen LogP contribution in [0.2, 0.25) is 0 Å². The summed E-state index contributed by atoms with van der Waals surface area (Å²) in [6.45, 7) is 3.83. The summed E-state index contributed by atoms with van der Waals surface area (Å²) in [5, 5.41) is 30.6. The van der Waals surface area contributed by atoms with Gasteiger partial charge in [-0.3, -0.25) is 15.5 Å². The average molecular weight is 746 g/mol. The van der Waals surface area contributed by atoms with E-state index in [1.807, 2.05) is 6.07 Å². The van der Waals surface area contributed by atoms with Gasteiger partial charge in [0.05, 0.1) is 40.0 Å². The quantitative estimate of drug-likeness (QED) is 0.0464. The summed E-state index contributed by atoms with van der Waals surface area (Å²) in [7, 11) is 1.27. The summed E-state index contributed by atoms with van der Waals surface area (Å²) >= 11 is 2.14. The molecule has 0 bridgehead atoms. The lowest BCUT2D eigenvalue weighted by Crippen LogP contribution is -2.45. The van der Waals surface area contributed by atoms with Crippen molar-refractivity contribution in [3.63, 3.8) is 0 Å². The molecule has 2 atom stereocenters. The SMILES string of the molecule is CCOc1cc([C@@H]2NC(=O)NC(C)=C2C(=O)OC)ccc1OC[C@@H](O)N/N=C\c1ccc(OCc2ccc([N+](=O)[O-])cc2)c(I)c1. The van der Waals surface area contributed by atoms with Crippen LogP contribution in [0.5, 0.6) is 17.2 Å². The number of hydrazone groups is 1. The Hall–Kier alpha value is -4.90. The van der Waals surface area contributed by atoms with E-state index in [9.17, 15) is 24.8 Å². The molecule has 0 spiro atoms. The highest BCUT2D eigenvalue weighted by molar-refractivity contribution is 14.1. The first kappa shape index (κ1) is 34.0. The molecule has 242 valence electrons. The number of carbonyl (C=O) groups excluding carboxylic acids is 2. The molecule has 46 heavy (non-hydrogen) atoms. The maximum absolute atomic E-state index is 12.4. The molecule has 15 heteroatoms. The van der Waals surface area contributed by atoms with Crippen LogP contribution in [0.1, 0.15) is 36.6 Å². The number of urea groups is 1. The number of hydrogen-bond acceptors (Lipinski definition) is 11. The topological polar surface area (TPSA) is 183 Å². The number of aliphatic hydroxyl groups excluding tert-OH is 1. The zero-order valence-electron chi connectivity index (χ0n) is 25.1. The van der Waals surface area contributed by atoms with Crippen LogP contribution in [0, 0.1) is 13.7 Å². The lowest BCUT2D eigenvalue weighted by atomic mass is 9.95. The molecule has 0 radical (unpaired) electrons. The van der Waals surface area contributed by atoms with Crippen LogP contribution in [-0.4, -0.2) is 54.8 Å². The van der Waals surface area contributed by atoms with Crippen molar-refractivity contribution in [1.82, 2.24) is 16.1 Å². The zero-order valence-corrected chi connectivity index (χ0v) is 27.3. The van der Waals surface area contributed by atoms with Crippen molar-refractivity contribution < 1.29 is 38.6 Å². The van der Waals surface area contributed by atoms with E-state index in [0.717, 1.165) is 14.7 Å². The van der Waals surface area contributed by atoms with Gasteiger partial charge in [-0.15, -0.1) is 0 Å². The van der Waals surface area contributed by atoms with E-state index >= 15 is 0 Å². The molecule has 2 amide bonds. The van der Waals surface area contributed by atoms with E-state index < -0.39 is 29.2 Å². The number of esters is 1. The van der Waals surface area contributed by atoms with Gasteiger partial charge in [0, 0.05) is 17.8 Å². The molecule has 0 unspecified atom stereocenters. The molecular formula is C31H32IN5O9. The van der Waals surface area contributed by atoms with Crippen molar-refractivity contribution in [2.24, 2.45) is 5.10 Å². The Morgan fingerprint density at radius 3 is 2.52 bits per heavy atom. The Morgan fingerprint density at radius 1 is 1.11 bits per heavy atom. The van der Waals surface area contributed by atoms with Gasteiger partial charge in [-0.25, -0.2) is 9.59 Å². The van der Waals surface area contributed by atoms with E-state index in [4.69, 9.17) is 18.9 Å². The Morgan fingerprint density at radius 2 is 1.85 bits per heavy atom. The standard InChI is InChI=1S/C31H32IN5O9/c1-4-44-26-14-21(29-28(30(39)43-3)18(2)34-31(40)35-29)8-12-25(26)46-17-27(38)36-33-15-20-7-11-24(23(32)13-20)45-16-19-5-9-22(10-6-19)37(41)42/h5-15,27,29,36,38H,4,16-17H2,1-3H3,(H2,34,35,40)/b33-15-/t27-,29+/m1/s1. The van der Waals surface area contributed by atoms with Crippen LogP contribution in [0.3, 0.4) is 0 Å². The van der Waals surface area contributed by atoms with E-state index in [1.54, 1.807) is 56.3 Å². The molecule has 1 heterocycles. The maximum atomic E-state index is 12.4. The first-order valence-corrected chi connectivity index (χ1v) is 15.1. The van der Waals surface area contributed by atoms with Gasteiger partial charge in [0.25, 0.3) is 5.69 Å². The number of carbonyl (C=O) groups is 2. The van der Waals surface area contributed by atoms with E-state index in [0.29, 0.717) is 35.1 Å². The number of benzene rings is 3. The van der Waals surface area contributed by atoms with Crippen LogP contribution >= 0.6 is 22.6 Å². The normalized spacial score (nSPS) is 15.1. The smallest absolute Gasteiger partial charge is 0.337 e. The van der Waals surface area contributed by atoms with Gasteiger partial charge in [-0.2, -0.15) is 5.10 Å². The summed E-state index contributed by atoms with van der Waals surface area (Å²) in [4.78, 5) is 35.0. The third-order valence-electron chi connectivity index (χ3n) is 6.61. The maximum Gasteiger partial charge on any atom is 0.337 e.